The average molecular weight is 587 g/mol. The van der Waals surface area contributed by atoms with E-state index in [0.29, 0.717) is 5.56 Å². The van der Waals surface area contributed by atoms with E-state index in [1.54, 1.807) is 0 Å². The number of nitro groups is 1. The predicted molar refractivity (Wildman–Crippen MR) is 132 cm³/mol. The predicted octanol–water partition coefficient (Wildman–Crippen LogP) is -0.633. The van der Waals surface area contributed by atoms with Crippen molar-refractivity contribution in [1.82, 2.24) is 14.6 Å². The molecule has 1 fully saturated rings. The third kappa shape index (κ3) is 6.63. The Kier molecular flexibility index (Phi) is 8.48. The first-order chi connectivity index (χ1) is 18.2. The van der Waals surface area contributed by atoms with Crippen LogP contribution in [0.15, 0.2) is 34.8 Å². The van der Waals surface area contributed by atoms with Crippen molar-refractivity contribution in [1.29, 1.82) is 0 Å². The number of amides is 2. The van der Waals surface area contributed by atoms with Crippen molar-refractivity contribution in [3.63, 3.8) is 0 Å². The van der Waals surface area contributed by atoms with Crippen molar-refractivity contribution in [2.45, 2.75) is 38.1 Å². The molecule has 1 aromatic heterocycles. The number of nitrogens with one attached hydrogen (secondary N) is 1. The number of nitrogen functional groups attached to an aromatic ring is 1. The van der Waals surface area contributed by atoms with Gasteiger partial charge in [-0.25, -0.2) is 14.1 Å². The van der Waals surface area contributed by atoms with Gasteiger partial charge in [0.05, 0.1) is 11.5 Å². The number of nitro benzene ring substituents is 1. The molecular weight excluding hydrogens is 564 g/mol. The number of esters is 1. The number of anilines is 1. The lowest BCUT2D eigenvalue weighted by Crippen LogP contribution is -2.73. The van der Waals surface area contributed by atoms with Crippen molar-refractivity contribution in [3.05, 3.63) is 51.0 Å². The number of rotatable bonds is 11. The van der Waals surface area contributed by atoms with Gasteiger partial charge in [0.15, 0.2) is 10.8 Å². The molecule has 1 aliphatic rings. The number of ether oxygens (including phenoxy) is 1. The molecule has 0 saturated carbocycles. The maximum atomic E-state index is 13.0. The number of thiazole rings is 1. The van der Waals surface area contributed by atoms with Gasteiger partial charge in [-0.1, -0.05) is 5.16 Å². The van der Waals surface area contributed by atoms with Crippen LogP contribution in [0.2, 0.25) is 0 Å². The molecule has 0 bridgehead atoms. The van der Waals surface area contributed by atoms with E-state index in [-0.39, 0.29) is 27.4 Å². The highest BCUT2D eigenvalue weighted by atomic mass is 32.2. The number of non-ortho nitro benzene ring substituents is 1. The molecule has 0 aliphatic carbocycles. The van der Waals surface area contributed by atoms with Crippen molar-refractivity contribution >= 4 is 56.0 Å². The number of nitrogens with zero attached hydrogens (tertiary/aromatic N) is 4. The van der Waals surface area contributed by atoms with Crippen molar-refractivity contribution < 1.29 is 47.0 Å². The Morgan fingerprint density at radius 1 is 1.33 bits per heavy atom. The van der Waals surface area contributed by atoms with Crippen LogP contribution in [0.1, 0.15) is 25.1 Å². The molecule has 0 radical (unpaired) electrons. The molecule has 210 valence electrons. The Morgan fingerprint density at radius 2 is 1.97 bits per heavy atom. The number of hydrogen-bond acceptors (Lipinski definition) is 14. The second-order valence-electron chi connectivity index (χ2n) is 8.43. The maximum absolute atomic E-state index is 13.0. The smallest absolute Gasteiger partial charge is 0.362 e. The van der Waals surface area contributed by atoms with Gasteiger partial charge in [0.2, 0.25) is 5.60 Å². The Bertz CT molecular complexity index is 1420. The summed E-state index contributed by atoms with van der Waals surface area (Å²) in [6.07, 6.45) is 0. The zero-order valence-electron chi connectivity index (χ0n) is 20.2. The van der Waals surface area contributed by atoms with E-state index in [4.69, 9.17) is 19.9 Å². The van der Waals surface area contributed by atoms with Crippen LogP contribution in [0.3, 0.4) is 0 Å². The number of oxime groups is 1. The van der Waals surface area contributed by atoms with Gasteiger partial charge in [0.1, 0.15) is 24.4 Å². The standard InChI is InChI=1S/C20H22N6O11S2/c1-20(2,18(30)36-8-10-3-5-11(6-4-10)26(31)32)37-24-14(12-9-38-19(21)22-12)16(28)23-15-13(7-27)25(17(15)29)39(33,34)35/h3-6,9,13,15,27H,7-8H2,1-2H3,(H2,21,22)(H,23,28)(H,33,34,35)/t13-,15+/m0/s1. The second-order valence-corrected chi connectivity index (χ2v) is 10.6. The number of aliphatic hydroxyl groups excluding tert-OH is 1. The summed E-state index contributed by atoms with van der Waals surface area (Å²) in [4.78, 5) is 57.1. The Labute approximate surface area is 224 Å². The maximum Gasteiger partial charge on any atom is 0.362 e. The van der Waals surface area contributed by atoms with Crippen LogP contribution in [0.25, 0.3) is 0 Å². The minimum Gasteiger partial charge on any atom is -0.458 e. The van der Waals surface area contributed by atoms with E-state index < -0.39 is 63.0 Å². The molecule has 2 amide bonds. The van der Waals surface area contributed by atoms with E-state index >= 15 is 0 Å². The molecule has 3 rings (SSSR count). The number of aromatic nitrogens is 1. The van der Waals surface area contributed by atoms with Gasteiger partial charge in [-0.3, -0.25) is 24.3 Å². The van der Waals surface area contributed by atoms with Gasteiger partial charge in [-0.2, -0.15) is 8.42 Å². The van der Waals surface area contributed by atoms with Gasteiger partial charge in [0, 0.05) is 17.5 Å². The lowest BCUT2D eigenvalue weighted by atomic mass is 9.99. The molecule has 1 aliphatic heterocycles. The van der Waals surface area contributed by atoms with Crippen LogP contribution < -0.4 is 11.1 Å². The second kappa shape index (κ2) is 11.3. The van der Waals surface area contributed by atoms with Crippen LogP contribution in [-0.4, -0.2) is 80.1 Å². The van der Waals surface area contributed by atoms with Crippen LogP contribution in [0, 0.1) is 10.1 Å². The summed E-state index contributed by atoms with van der Waals surface area (Å²) in [7, 11) is -4.98. The molecule has 17 nitrogen and oxygen atoms in total. The molecule has 19 heteroatoms. The Hall–Kier alpha value is -4.20. The third-order valence-corrected chi connectivity index (χ3v) is 6.87. The van der Waals surface area contributed by atoms with Crippen molar-refractivity contribution in [2.75, 3.05) is 12.3 Å². The summed E-state index contributed by atoms with van der Waals surface area (Å²) in [5.74, 6) is -3.22. The normalized spacial score (nSPS) is 17.8. The van der Waals surface area contributed by atoms with Gasteiger partial charge in [0.25, 0.3) is 17.5 Å². The van der Waals surface area contributed by atoms with E-state index in [2.05, 4.69) is 15.5 Å². The van der Waals surface area contributed by atoms with Gasteiger partial charge in [-0.05, 0) is 31.5 Å². The van der Waals surface area contributed by atoms with Crippen LogP contribution in [0.5, 0.6) is 0 Å². The molecule has 2 heterocycles. The molecule has 0 spiro atoms. The molecule has 2 atom stereocenters. The fraction of sp³-hybridized carbons (Fsp3) is 0.350. The lowest BCUT2D eigenvalue weighted by molar-refractivity contribution is -0.384. The summed E-state index contributed by atoms with van der Waals surface area (Å²) >= 11 is 0.935. The zero-order chi connectivity index (χ0) is 29.1. The Morgan fingerprint density at radius 3 is 2.49 bits per heavy atom. The van der Waals surface area contributed by atoms with Gasteiger partial charge >= 0.3 is 16.3 Å². The highest BCUT2D eigenvalue weighted by Crippen LogP contribution is 2.24. The number of carbonyl (C=O) groups excluding carboxylic acids is 3. The molecule has 1 aromatic carbocycles. The third-order valence-electron chi connectivity index (χ3n) is 5.24. The first-order valence-corrected chi connectivity index (χ1v) is 13.0. The van der Waals surface area contributed by atoms with Crippen LogP contribution in [-0.2, 0) is 40.9 Å². The van der Waals surface area contributed by atoms with Crippen molar-refractivity contribution in [3.8, 4) is 0 Å². The Balaban J connectivity index is 1.74. The number of hydrogen-bond donors (Lipinski definition) is 4. The number of β-lactam (4-membered cyclic amide) rings is 1. The fourth-order valence-electron chi connectivity index (χ4n) is 3.18. The summed E-state index contributed by atoms with van der Waals surface area (Å²) in [5.41, 5.74) is 3.51. The number of aliphatic hydroxyl groups is 1. The number of carbonyl (C=O) groups is 3. The fourth-order valence-corrected chi connectivity index (χ4v) is 4.60. The topological polar surface area (TPSA) is 254 Å². The van der Waals surface area contributed by atoms with E-state index in [1.807, 2.05) is 0 Å². The lowest BCUT2D eigenvalue weighted by Gasteiger charge is -2.43. The quantitative estimate of drug-likeness (QED) is 0.0639. The summed E-state index contributed by atoms with van der Waals surface area (Å²) in [6, 6.07) is 2.26. The molecule has 1 saturated heterocycles. The van der Waals surface area contributed by atoms with Crippen LogP contribution in [0.4, 0.5) is 10.8 Å². The highest BCUT2D eigenvalue weighted by molar-refractivity contribution is 7.84. The van der Waals surface area contributed by atoms with Crippen LogP contribution >= 0.6 is 11.3 Å². The highest BCUT2D eigenvalue weighted by Gasteiger charge is 2.54. The molecule has 39 heavy (non-hydrogen) atoms. The first kappa shape index (κ1) is 29.4. The minimum absolute atomic E-state index is 0.0101. The minimum atomic E-state index is -4.98. The van der Waals surface area contributed by atoms with Crippen molar-refractivity contribution in [2.24, 2.45) is 5.16 Å². The molecule has 2 aromatic rings. The van der Waals surface area contributed by atoms with Gasteiger partial charge in [-0.15, -0.1) is 11.3 Å². The largest absolute Gasteiger partial charge is 0.458 e. The van der Waals surface area contributed by atoms with E-state index in [0.717, 1.165) is 11.3 Å². The average Bonchev–Trinajstić information content (AvgIpc) is 3.28. The zero-order valence-corrected chi connectivity index (χ0v) is 21.8. The summed E-state index contributed by atoms with van der Waals surface area (Å²) in [5, 5.41) is 27.4. The summed E-state index contributed by atoms with van der Waals surface area (Å²) < 4.78 is 37.0. The van der Waals surface area contributed by atoms with E-state index in [1.165, 1.54) is 43.5 Å². The summed E-state index contributed by atoms with van der Waals surface area (Å²) in [6.45, 7) is 1.40. The molecule has 0 unspecified atom stereocenters. The van der Waals surface area contributed by atoms with E-state index in [9.17, 15) is 38.0 Å². The molecular formula is C20H22N6O11S2. The number of benzene rings is 1. The molecule has 5 N–H and O–H groups in total. The number of nitrogens with two attached hydrogens (primary N) is 1. The van der Waals surface area contributed by atoms with Gasteiger partial charge < -0.3 is 25.7 Å². The first-order valence-electron chi connectivity index (χ1n) is 10.8. The SMILES string of the molecule is CC(C)(ON=C(C(=O)N[C@H]1C(=O)N(S(=O)(=O)O)[C@H]1CO)c1csc(N)n1)C(=O)OCc1ccc([N+](=O)[O-])cc1. The monoisotopic (exact) mass is 586 g/mol.